The molecule has 1 aliphatic rings. The lowest BCUT2D eigenvalue weighted by Gasteiger charge is -2.11. The van der Waals surface area contributed by atoms with Crippen molar-refractivity contribution in [3.63, 3.8) is 0 Å². The van der Waals surface area contributed by atoms with Crippen molar-refractivity contribution in [2.75, 3.05) is 16.8 Å². The van der Waals surface area contributed by atoms with Gasteiger partial charge in [0.15, 0.2) is 11.5 Å². The summed E-state index contributed by atoms with van der Waals surface area (Å²) in [6.45, 7) is 4.04. The van der Waals surface area contributed by atoms with Gasteiger partial charge in [0.05, 0.1) is 16.8 Å². The maximum absolute atomic E-state index is 12.6. The summed E-state index contributed by atoms with van der Waals surface area (Å²) in [5.74, 6) is 1.95. The van der Waals surface area contributed by atoms with E-state index >= 15 is 0 Å². The van der Waals surface area contributed by atoms with E-state index in [0.717, 1.165) is 16.8 Å². The number of ether oxygens (including phenoxy) is 2. The number of sulfonamides is 1. The van der Waals surface area contributed by atoms with Crippen LogP contribution in [0.2, 0.25) is 0 Å². The summed E-state index contributed by atoms with van der Waals surface area (Å²) in [7, 11) is -3.67. The fraction of sp³-hybridized carbons (Fsp3) is 0.150. The Bertz CT molecular complexity index is 1130. The first-order valence-corrected chi connectivity index (χ1v) is 10.1. The second-order valence-electron chi connectivity index (χ2n) is 6.48. The Labute approximate surface area is 163 Å². The van der Waals surface area contributed by atoms with Crippen LogP contribution in [0.4, 0.5) is 17.2 Å². The Kier molecular flexibility index (Phi) is 4.56. The Balaban J connectivity index is 1.47. The van der Waals surface area contributed by atoms with E-state index in [4.69, 9.17) is 9.47 Å². The van der Waals surface area contributed by atoms with Gasteiger partial charge in [-0.3, -0.25) is 4.72 Å². The molecule has 2 heterocycles. The molecule has 28 heavy (non-hydrogen) atoms. The normalized spacial score (nSPS) is 12.6. The van der Waals surface area contributed by atoms with Gasteiger partial charge in [0.2, 0.25) is 6.79 Å². The number of benzene rings is 2. The molecule has 0 unspecified atom stereocenters. The number of pyridine rings is 1. The molecule has 0 aliphatic carbocycles. The molecular formula is C20H19N3O4S. The van der Waals surface area contributed by atoms with Crippen LogP contribution in [0.15, 0.2) is 59.6 Å². The van der Waals surface area contributed by atoms with Crippen molar-refractivity contribution < 1.29 is 17.9 Å². The first kappa shape index (κ1) is 18.1. The number of nitrogens with one attached hydrogen (secondary N) is 2. The van der Waals surface area contributed by atoms with Crippen LogP contribution in [-0.4, -0.2) is 20.2 Å². The van der Waals surface area contributed by atoms with E-state index in [1.54, 1.807) is 30.3 Å². The van der Waals surface area contributed by atoms with Gasteiger partial charge in [-0.25, -0.2) is 13.4 Å². The third-order valence-electron chi connectivity index (χ3n) is 4.45. The van der Waals surface area contributed by atoms with Crippen LogP contribution < -0.4 is 19.5 Å². The Hall–Kier alpha value is -3.26. The van der Waals surface area contributed by atoms with Crippen LogP contribution in [-0.2, 0) is 10.0 Å². The van der Waals surface area contributed by atoms with E-state index in [-0.39, 0.29) is 11.7 Å². The van der Waals surface area contributed by atoms with Crippen LogP contribution in [0, 0.1) is 13.8 Å². The van der Waals surface area contributed by atoms with Crippen molar-refractivity contribution in [1.82, 2.24) is 4.98 Å². The summed E-state index contributed by atoms with van der Waals surface area (Å²) in [5, 5.41) is 3.15. The van der Waals surface area contributed by atoms with Gasteiger partial charge >= 0.3 is 0 Å². The van der Waals surface area contributed by atoms with Gasteiger partial charge < -0.3 is 14.8 Å². The molecule has 7 nitrogen and oxygen atoms in total. The molecule has 0 spiro atoms. The predicted molar refractivity (Wildman–Crippen MR) is 107 cm³/mol. The zero-order chi connectivity index (χ0) is 19.7. The molecule has 1 aromatic heterocycles. The smallest absolute Gasteiger partial charge is 0.261 e. The monoisotopic (exact) mass is 397 g/mol. The van der Waals surface area contributed by atoms with Gasteiger partial charge in [-0.1, -0.05) is 6.07 Å². The summed E-state index contributed by atoms with van der Waals surface area (Å²) in [5.41, 5.74) is 3.14. The standard InChI is InChI=1S/C20H19N3O4S/c1-13-3-6-17(9-14(13)2)28(24,25)23-16-5-8-20(21-11-16)22-15-4-7-18-19(10-15)27-12-26-18/h3-11,23H,12H2,1-2H3,(H,21,22). The van der Waals surface area contributed by atoms with Gasteiger partial charge in [-0.05, 0) is 61.4 Å². The topological polar surface area (TPSA) is 89.6 Å². The lowest BCUT2D eigenvalue weighted by atomic mass is 10.1. The molecule has 0 amide bonds. The van der Waals surface area contributed by atoms with E-state index in [1.807, 2.05) is 32.0 Å². The number of hydrogen-bond acceptors (Lipinski definition) is 6. The predicted octanol–water partition coefficient (Wildman–Crippen LogP) is 3.97. The number of nitrogens with zero attached hydrogens (tertiary/aromatic N) is 1. The van der Waals surface area contributed by atoms with Gasteiger partial charge in [-0.2, -0.15) is 0 Å². The Morgan fingerprint density at radius 1 is 0.893 bits per heavy atom. The second-order valence-corrected chi connectivity index (χ2v) is 8.16. The first-order valence-electron chi connectivity index (χ1n) is 8.63. The van der Waals surface area contributed by atoms with Gasteiger partial charge in [-0.15, -0.1) is 0 Å². The molecule has 0 saturated heterocycles. The Morgan fingerprint density at radius 2 is 1.68 bits per heavy atom. The molecule has 2 N–H and O–H groups in total. The lowest BCUT2D eigenvalue weighted by Crippen LogP contribution is -2.13. The molecule has 144 valence electrons. The van der Waals surface area contributed by atoms with Gasteiger partial charge in [0, 0.05) is 11.8 Å². The van der Waals surface area contributed by atoms with Crippen molar-refractivity contribution in [1.29, 1.82) is 0 Å². The van der Waals surface area contributed by atoms with E-state index in [2.05, 4.69) is 15.0 Å². The van der Waals surface area contributed by atoms with Crippen LogP contribution >= 0.6 is 0 Å². The van der Waals surface area contributed by atoms with Crippen LogP contribution in [0.5, 0.6) is 11.5 Å². The highest BCUT2D eigenvalue weighted by atomic mass is 32.2. The minimum atomic E-state index is -3.67. The summed E-state index contributed by atoms with van der Waals surface area (Å²) in [4.78, 5) is 4.49. The van der Waals surface area contributed by atoms with E-state index in [1.165, 1.54) is 6.20 Å². The summed E-state index contributed by atoms with van der Waals surface area (Å²) < 4.78 is 38.3. The van der Waals surface area contributed by atoms with Gasteiger partial charge in [0.25, 0.3) is 10.0 Å². The maximum atomic E-state index is 12.6. The number of anilines is 3. The van der Waals surface area contributed by atoms with Crippen molar-refractivity contribution in [2.24, 2.45) is 0 Å². The van der Waals surface area contributed by atoms with Crippen molar-refractivity contribution in [3.05, 3.63) is 65.9 Å². The number of hydrogen-bond donors (Lipinski definition) is 2. The quantitative estimate of drug-likeness (QED) is 0.677. The molecule has 0 fully saturated rings. The maximum Gasteiger partial charge on any atom is 0.261 e. The zero-order valence-electron chi connectivity index (χ0n) is 15.4. The molecule has 0 saturated carbocycles. The lowest BCUT2D eigenvalue weighted by molar-refractivity contribution is 0.174. The molecule has 8 heteroatoms. The highest BCUT2D eigenvalue weighted by molar-refractivity contribution is 7.92. The third kappa shape index (κ3) is 3.72. The molecule has 0 bridgehead atoms. The molecule has 1 aliphatic heterocycles. The highest BCUT2D eigenvalue weighted by Gasteiger charge is 2.16. The molecule has 2 aromatic carbocycles. The Morgan fingerprint density at radius 3 is 2.43 bits per heavy atom. The number of aryl methyl sites for hydroxylation is 2. The van der Waals surface area contributed by atoms with Crippen LogP contribution in [0.25, 0.3) is 0 Å². The summed E-state index contributed by atoms with van der Waals surface area (Å²) in [6, 6.07) is 13.9. The minimum absolute atomic E-state index is 0.215. The van der Waals surface area contributed by atoms with E-state index in [0.29, 0.717) is 23.0 Å². The number of rotatable bonds is 5. The summed E-state index contributed by atoms with van der Waals surface area (Å²) >= 11 is 0. The molecule has 3 aromatic rings. The van der Waals surface area contributed by atoms with Crippen molar-refractivity contribution >= 4 is 27.2 Å². The molecule has 4 rings (SSSR count). The fourth-order valence-corrected chi connectivity index (χ4v) is 3.87. The fourth-order valence-electron chi connectivity index (χ4n) is 2.75. The van der Waals surface area contributed by atoms with Crippen LogP contribution in [0.1, 0.15) is 11.1 Å². The summed E-state index contributed by atoms with van der Waals surface area (Å²) in [6.07, 6.45) is 1.47. The number of fused-ring (bicyclic) bond motifs is 1. The second kappa shape index (κ2) is 7.05. The SMILES string of the molecule is Cc1ccc(S(=O)(=O)Nc2ccc(Nc3ccc4c(c3)OCO4)nc2)cc1C. The van der Waals surface area contributed by atoms with Crippen LogP contribution in [0.3, 0.4) is 0 Å². The first-order chi connectivity index (χ1) is 13.4. The minimum Gasteiger partial charge on any atom is -0.454 e. The molecule has 0 radical (unpaired) electrons. The largest absolute Gasteiger partial charge is 0.454 e. The number of aromatic nitrogens is 1. The van der Waals surface area contributed by atoms with E-state index < -0.39 is 10.0 Å². The van der Waals surface area contributed by atoms with Gasteiger partial charge in [0.1, 0.15) is 5.82 Å². The average Bonchev–Trinajstić information content (AvgIpc) is 3.13. The van der Waals surface area contributed by atoms with E-state index in [9.17, 15) is 8.42 Å². The molecular weight excluding hydrogens is 378 g/mol. The highest BCUT2D eigenvalue weighted by Crippen LogP contribution is 2.35. The molecule has 0 atom stereocenters. The van der Waals surface area contributed by atoms with Crippen molar-refractivity contribution in [3.8, 4) is 11.5 Å². The third-order valence-corrected chi connectivity index (χ3v) is 5.83. The zero-order valence-corrected chi connectivity index (χ0v) is 16.2. The van der Waals surface area contributed by atoms with Crippen molar-refractivity contribution in [2.45, 2.75) is 18.7 Å². The average molecular weight is 397 g/mol.